The molecule has 20 heavy (non-hydrogen) atoms. The van der Waals surface area contributed by atoms with E-state index >= 15 is 0 Å². The Balaban J connectivity index is 0.00000200. The lowest BCUT2D eigenvalue weighted by molar-refractivity contribution is -0.684. The van der Waals surface area contributed by atoms with Gasteiger partial charge in [0.05, 0.1) is 11.6 Å². The van der Waals surface area contributed by atoms with Gasteiger partial charge in [-0.05, 0) is 36.8 Å². The topological polar surface area (TPSA) is 56.8 Å². The van der Waals surface area contributed by atoms with Gasteiger partial charge in [-0.15, -0.1) is 0 Å². The number of benzene rings is 1. The van der Waals surface area contributed by atoms with Crippen molar-refractivity contribution >= 4 is 11.6 Å². The summed E-state index contributed by atoms with van der Waals surface area (Å²) in [5, 5.41) is 11.5. The van der Waals surface area contributed by atoms with Gasteiger partial charge in [0.2, 0.25) is 6.54 Å². The highest BCUT2D eigenvalue weighted by Gasteiger charge is 2.08. The molecule has 2 rings (SSSR count). The zero-order valence-electron chi connectivity index (χ0n) is 11.0. The maximum Gasteiger partial charge on any atom is 0.290 e. The molecule has 0 radical (unpaired) electrons. The fourth-order valence-corrected chi connectivity index (χ4v) is 1.63. The lowest BCUT2D eigenvalue weighted by atomic mass is 10.2. The molecule has 102 valence electrons. The van der Waals surface area contributed by atoms with Crippen LogP contribution in [0.3, 0.4) is 0 Å². The Kier molecular flexibility index (Phi) is 5.70. The SMILES string of the molecule is Cc1cc[n+](CC(=O)Nc2ccc(C#N)cc2)cc1.[Cl-]. The zero-order valence-corrected chi connectivity index (χ0v) is 11.8. The van der Waals surface area contributed by atoms with Crippen molar-refractivity contribution in [2.24, 2.45) is 0 Å². The van der Waals surface area contributed by atoms with Crippen molar-refractivity contribution in [3.63, 3.8) is 0 Å². The highest BCUT2D eigenvalue weighted by molar-refractivity contribution is 5.89. The number of rotatable bonds is 3. The van der Waals surface area contributed by atoms with Crippen LogP contribution >= 0.6 is 0 Å². The second-order valence-electron chi connectivity index (χ2n) is 4.29. The molecule has 0 aliphatic heterocycles. The number of anilines is 1. The standard InChI is InChI=1S/C15H13N3O.ClH/c1-12-6-8-18(9-7-12)11-15(19)17-14-4-2-13(10-16)3-5-14;/h2-9H,11H2,1H3;1H. The zero-order chi connectivity index (χ0) is 13.7. The van der Waals surface area contributed by atoms with E-state index in [4.69, 9.17) is 5.26 Å². The fourth-order valence-electron chi connectivity index (χ4n) is 1.63. The molecule has 0 saturated carbocycles. The number of nitriles is 1. The minimum atomic E-state index is -0.0986. The van der Waals surface area contributed by atoms with E-state index < -0.39 is 0 Å². The van der Waals surface area contributed by atoms with Gasteiger partial charge in [-0.2, -0.15) is 9.83 Å². The number of carbonyl (C=O) groups is 1. The molecule has 1 aromatic heterocycles. The van der Waals surface area contributed by atoms with Crippen LogP contribution in [0.25, 0.3) is 0 Å². The summed E-state index contributed by atoms with van der Waals surface area (Å²) in [7, 11) is 0. The molecule has 2 aromatic rings. The summed E-state index contributed by atoms with van der Waals surface area (Å²) in [6.45, 7) is 2.27. The number of halogens is 1. The Bertz CT molecular complexity index is 615. The minimum absolute atomic E-state index is 0. The molecule has 0 spiro atoms. The molecular formula is C15H14ClN3O. The molecule has 1 heterocycles. The Hall–Kier alpha value is -2.38. The Morgan fingerprint density at radius 3 is 2.35 bits per heavy atom. The van der Waals surface area contributed by atoms with Crippen LogP contribution in [0.4, 0.5) is 5.69 Å². The maximum absolute atomic E-state index is 11.8. The number of nitrogens with one attached hydrogen (secondary N) is 1. The van der Waals surface area contributed by atoms with Gasteiger partial charge in [0.15, 0.2) is 12.4 Å². The van der Waals surface area contributed by atoms with Crippen molar-refractivity contribution in [2.75, 3.05) is 5.32 Å². The molecule has 0 bridgehead atoms. The largest absolute Gasteiger partial charge is 1.00 e. The number of aryl methyl sites for hydroxylation is 1. The molecule has 0 aliphatic rings. The maximum atomic E-state index is 11.8. The number of hydrogen-bond acceptors (Lipinski definition) is 2. The number of hydrogen-bond donors (Lipinski definition) is 1. The van der Waals surface area contributed by atoms with E-state index in [2.05, 4.69) is 5.32 Å². The third-order valence-corrected chi connectivity index (χ3v) is 2.68. The normalized spacial score (nSPS) is 9.20. The smallest absolute Gasteiger partial charge is 0.290 e. The summed E-state index contributed by atoms with van der Waals surface area (Å²) < 4.78 is 1.81. The van der Waals surface area contributed by atoms with Gasteiger partial charge in [-0.1, -0.05) is 0 Å². The molecular weight excluding hydrogens is 274 g/mol. The van der Waals surface area contributed by atoms with E-state index in [0.29, 0.717) is 11.3 Å². The van der Waals surface area contributed by atoms with E-state index in [1.165, 1.54) is 0 Å². The second-order valence-corrected chi connectivity index (χ2v) is 4.29. The Morgan fingerprint density at radius 1 is 1.20 bits per heavy atom. The summed E-state index contributed by atoms with van der Waals surface area (Å²) in [5.41, 5.74) is 2.42. The fraction of sp³-hybridized carbons (Fsp3) is 0.133. The Labute approximate surface area is 124 Å². The van der Waals surface area contributed by atoms with E-state index in [-0.39, 0.29) is 24.9 Å². The number of amides is 1. The van der Waals surface area contributed by atoms with Gasteiger partial charge in [0.1, 0.15) is 0 Å². The van der Waals surface area contributed by atoms with Gasteiger partial charge in [-0.25, -0.2) is 0 Å². The lowest BCUT2D eigenvalue weighted by Crippen LogP contribution is -3.00. The monoisotopic (exact) mass is 287 g/mol. The first kappa shape index (κ1) is 15.7. The number of pyridine rings is 1. The average Bonchev–Trinajstić information content (AvgIpc) is 2.42. The van der Waals surface area contributed by atoms with Crippen LogP contribution in [0.2, 0.25) is 0 Å². The van der Waals surface area contributed by atoms with Crippen molar-refractivity contribution in [1.29, 1.82) is 5.26 Å². The molecule has 1 N–H and O–H groups in total. The van der Waals surface area contributed by atoms with Crippen LogP contribution in [0.15, 0.2) is 48.8 Å². The van der Waals surface area contributed by atoms with Crippen LogP contribution in [0.1, 0.15) is 11.1 Å². The quantitative estimate of drug-likeness (QED) is 0.721. The van der Waals surface area contributed by atoms with Crippen molar-refractivity contribution in [2.45, 2.75) is 13.5 Å². The summed E-state index contributed by atoms with van der Waals surface area (Å²) >= 11 is 0. The van der Waals surface area contributed by atoms with Gasteiger partial charge in [-0.3, -0.25) is 4.79 Å². The van der Waals surface area contributed by atoms with E-state index in [1.54, 1.807) is 24.3 Å². The summed E-state index contributed by atoms with van der Waals surface area (Å²) in [5.74, 6) is -0.0986. The first-order valence-electron chi connectivity index (χ1n) is 5.93. The lowest BCUT2D eigenvalue weighted by Gasteiger charge is -2.03. The minimum Gasteiger partial charge on any atom is -1.00 e. The Morgan fingerprint density at radius 2 is 1.80 bits per heavy atom. The number of carbonyl (C=O) groups excluding carboxylic acids is 1. The predicted octanol–water partition coefficient (Wildman–Crippen LogP) is -1.20. The van der Waals surface area contributed by atoms with Crippen LogP contribution in [-0.4, -0.2) is 5.91 Å². The predicted molar refractivity (Wildman–Crippen MR) is 71.2 cm³/mol. The highest BCUT2D eigenvalue weighted by Crippen LogP contribution is 2.08. The van der Waals surface area contributed by atoms with E-state index in [9.17, 15) is 4.79 Å². The van der Waals surface area contributed by atoms with Gasteiger partial charge in [0.25, 0.3) is 5.91 Å². The first-order valence-corrected chi connectivity index (χ1v) is 5.93. The van der Waals surface area contributed by atoms with Crippen molar-refractivity contribution in [1.82, 2.24) is 0 Å². The summed E-state index contributed by atoms with van der Waals surface area (Å²) in [4.78, 5) is 11.8. The molecule has 0 atom stereocenters. The van der Waals surface area contributed by atoms with E-state index in [1.807, 2.05) is 42.1 Å². The molecule has 0 unspecified atom stereocenters. The van der Waals surface area contributed by atoms with Crippen LogP contribution in [-0.2, 0) is 11.3 Å². The third-order valence-electron chi connectivity index (χ3n) is 2.68. The van der Waals surface area contributed by atoms with Crippen LogP contribution in [0.5, 0.6) is 0 Å². The van der Waals surface area contributed by atoms with Crippen molar-refractivity contribution in [3.8, 4) is 6.07 Å². The average molecular weight is 288 g/mol. The molecule has 0 fully saturated rings. The molecule has 1 aromatic carbocycles. The molecule has 0 saturated heterocycles. The summed E-state index contributed by atoms with van der Waals surface area (Å²) in [6, 6.07) is 12.7. The van der Waals surface area contributed by atoms with Crippen LogP contribution in [0, 0.1) is 18.3 Å². The van der Waals surface area contributed by atoms with Crippen LogP contribution < -0.4 is 22.3 Å². The second kappa shape index (κ2) is 7.27. The van der Waals surface area contributed by atoms with Gasteiger partial charge >= 0.3 is 0 Å². The number of aromatic nitrogens is 1. The first-order chi connectivity index (χ1) is 9.17. The third kappa shape index (κ3) is 4.38. The van der Waals surface area contributed by atoms with Gasteiger partial charge in [0, 0.05) is 17.8 Å². The van der Waals surface area contributed by atoms with E-state index in [0.717, 1.165) is 5.56 Å². The number of nitrogens with zero attached hydrogens (tertiary/aromatic N) is 2. The molecule has 0 aliphatic carbocycles. The van der Waals surface area contributed by atoms with Crippen molar-refractivity contribution in [3.05, 3.63) is 59.9 Å². The highest BCUT2D eigenvalue weighted by atomic mass is 35.5. The molecule has 1 amide bonds. The summed E-state index contributed by atoms with van der Waals surface area (Å²) in [6.07, 6.45) is 3.74. The molecule has 4 nitrogen and oxygen atoms in total. The van der Waals surface area contributed by atoms with Crippen molar-refractivity contribution < 1.29 is 21.8 Å². The molecule has 5 heteroatoms. The van der Waals surface area contributed by atoms with Gasteiger partial charge < -0.3 is 17.7 Å².